The van der Waals surface area contributed by atoms with E-state index < -0.39 is 0 Å². The van der Waals surface area contributed by atoms with Crippen molar-refractivity contribution in [1.29, 1.82) is 0 Å². The van der Waals surface area contributed by atoms with Gasteiger partial charge >= 0.3 is 0 Å². The Morgan fingerprint density at radius 3 is 2.94 bits per heavy atom. The molecule has 2 N–H and O–H groups in total. The second-order valence-electron chi connectivity index (χ2n) is 3.66. The Morgan fingerprint density at radius 2 is 2.19 bits per heavy atom. The van der Waals surface area contributed by atoms with Crippen LogP contribution in [0.15, 0.2) is 27.2 Å². The van der Waals surface area contributed by atoms with Crippen LogP contribution in [0.3, 0.4) is 0 Å². The molecule has 0 saturated carbocycles. The fraction of sp³-hybridized carbons (Fsp3) is 0.182. The molecule has 1 aromatic heterocycles. The lowest BCUT2D eigenvalue weighted by Gasteiger charge is -2.04. The van der Waals surface area contributed by atoms with Gasteiger partial charge in [0.2, 0.25) is 5.88 Å². The van der Waals surface area contributed by atoms with E-state index in [1.807, 2.05) is 6.07 Å². The summed E-state index contributed by atoms with van der Waals surface area (Å²) in [6.45, 7) is 0.734. The van der Waals surface area contributed by atoms with Crippen LogP contribution in [-0.4, -0.2) is 11.8 Å². The third-order valence-corrected chi connectivity index (χ3v) is 3.15. The number of benzene rings is 1. The first-order valence-electron chi connectivity index (χ1n) is 4.92. The normalized spacial score (nSPS) is 13.6. The third kappa shape index (κ3) is 1.48. The monoisotopic (exact) mass is 280 g/mol. The summed E-state index contributed by atoms with van der Waals surface area (Å²) < 4.78 is 11.3. The molecule has 0 atom stereocenters. The average Bonchev–Trinajstić information content (AvgIpc) is 2.85. The molecule has 5 heteroatoms. The zero-order chi connectivity index (χ0) is 11.1. The van der Waals surface area contributed by atoms with E-state index in [-0.39, 0.29) is 0 Å². The van der Waals surface area contributed by atoms with Gasteiger partial charge in [0.15, 0.2) is 0 Å². The molecule has 16 heavy (non-hydrogen) atoms. The highest BCUT2D eigenvalue weighted by molar-refractivity contribution is 9.10. The van der Waals surface area contributed by atoms with Gasteiger partial charge < -0.3 is 15.0 Å². The second-order valence-corrected chi connectivity index (χ2v) is 4.51. The molecule has 2 heterocycles. The summed E-state index contributed by atoms with van der Waals surface area (Å²) in [5.74, 6) is 1.25. The standard InChI is InChI=1S/C11H9BrN2O2/c12-8-4-7(9-5-10(13)16-14-9)3-6-1-2-15-11(6)8/h3-5H,1-2,13H2. The Morgan fingerprint density at radius 1 is 1.31 bits per heavy atom. The second kappa shape index (κ2) is 3.52. The highest BCUT2D eigenvalue weighted by Crippen LogP contribution is 2.37. The number of nitrogens with zero attached hydrogens (tertiary/aromatic N) is 1. The first-order chi connectivity index (χ1) is 7.74. The van der Waals surface area contributed by atoms with E-state index in [4.69, 9.17) is 15.0 Å². The molecule has 4 nitrogen and oxygen atoms in total. The lowest BCUT2D eigenvalue weighted by atomic mass is 10.1. The number of nitrogens with two attached hydrogens (primary N) is 1. The quantitative estimate of drug-likeness (QED) is 0.872. The van der Waals surface area contributed by atoms with Gasteiger partial charge in [0, 0.05) is 18.1 Å². The largest absolute Gasteiger partial charge is 0.492 e. The van der Waals surface area contributed by atoms with Crippen LogP contribution in [0.2, 0.25) is 0 Å². The molecule has 2 aromatic rings. The number of ether oxygens (including phenoxy) is 1. The molecule has 82 valence electrons. The van der Waals surface area contributed by atoms with Crippen molar-refractivity contribution in [3.8, 4) is 17.0 Å². The smallest absolute Gasteiger partial charge is 0.222 e. The lowest BCUT2D eigenvalue weighted by Crippen LogP contribution is -1.86. The first-order valence-corrected chi connectivity index (χ1v) is 5.71. The minimum absolute atomic E-state index is 0.322. The Balaban J connectivity index is 2.12. The minimum atomic E-state index is 0.322. The van der Waals surface area contributed by atoms with Crippen molar-refractivity contribution < 1.29 is 9.26 Å². The molecule has 1 aliphatic rings. The summed E-state index contributed by atoms with van der Waals surface area (Å²) in [5, 5.41) is 3.89. The van der Waals surface area contributed by atoms with Gasteiger partial charge in [-0.2, -0.15) is 0 Å². The molecular weight excluding hydrogens is 272 g/mol. The molecule has 0 radical (unpaired) electrons. The Kier molecular flexibility index (Phi) is 2.14. The van der Waals surface area contributed by atoms with Crippen LogP contribution in [0.25, 0.3) is 11.3 Å². The Labute approximate surface area is 100 Å². The average molecular weight is 281 g/mol. The molecule has 1 aliphatic heterocycles. The molecule has 0 unspecified atom stereocenters. The van der Waals surface area contributed by atoms with Gasteiger partial charge in [-0.15, -0.1) is 0 Å². The summed E-state index contributed by atoms with van der Waals surface area (Å²) >= 11 is 3.49. The Bertz CT molecular complexity index is 551. The van der Waals surface area contributed by atoms with Crippen LogP contribution in [0.4, 0.5) is 5.88 Å². The number of anilines is 1. The van der Waals surface area contributed by atoms with Gasteiger partial charge in [-0.25, -0.2) is 0 Å². The van der Waals surface area contributed by atoms with E-state index in [1.54, 1.807) is 6.07 Å². The zero-order valence-corrected chi connectivity index (χ0v) is 9.95. The Hall–Kier alpha value is -1.49. The maximum Gasteiger partial charge on any atom is 0.222 e. The topological polar surface area (TPSA) is 61.3 Å². The highest BCUT2D eigenvalue weighted by Gasteiger charge is 2.18. The van der Waals surface area contributed by atoms with E-state index in [1.165, 1.54) is 5.56 Å². The third-order valence-electron chi connectivity index (χ3n) is 2.56. The first kappa shape index (κ1) is 9.72. The zero-order valence-electron chi connectivity index (χ0n) is 8.37. The number of rotatable bonds is 1. The molecular formula is C11H9BrN2O2. The van der Waals surface area contributed by atoms with Gasteiger partial charge in [0.25, 0.3) is 0 Å². The van der Waals surface area contributed by atoms with Gasteiger partial charge in [-0.1, -0.05) is 5.16 Å². The van der Waals surface area contributed by atoms with Crippen molar-refractivity contribution in [3.63, 3.8) is 0 Å². The van der Waals surface area contributed by atoms with Crippen LogP contribution >= 0.6 is 15.9 Å². The van der Waals surface area contributed by atoms with Crippen molar-refractivity contribution in [3.05, 3.63) is 28.2 Å². The SMILES string of the molecule is Nc1cc(-c2cc(Br)c3c(c2)CCO3)no1. The van der Waals surface area contributed by atoms with Gasteiger partial charge in [0.05, 0.1) is 11.1 Å². The summed E-state index contributed by atoms with van der Waals surface area (Å²) in [7, 11) is 0. The summed E-state index contributed by atoms with van der Waals surface area (Å²) in [4.78, 5) is 0. The van der Waals surface area contributed by atoms with E-state index in [9.17, 15) is 0 Å². The molecule has 0 bridgehead atoms. The number of nitrogen functional groups attached to an aromatic ring is 1. The number of hydrogen-bond donors (Lipinski definition) is 1. The highest BCUT2D eigenvalue weighted by atomic mass is 79.9. The van der Waals surface area contributed by atoms with Crippen LogP contribution in [-0.2, 0) is 6.42 Å². The van der Waals surface area contributed by atoms with Crippen LogP contribution in [0, 0.1) is 0 Å². The van der Waals surface area contributed by atoms with Crippen molar-refractivity contribution in [2.75, 3.05) is 12.3 Å². The molecule has 0 saturated heterocycles. The van der Waals surface area contributed by atoms with Crippen molar-refractivity contribution >= 4 is 21.8 Å². The molecule has 1 aromatic carbocycles. The molecule has 0 amide bonds. The van der Waals surface area contributed by atoms with Crippen molar-refractivity contribution in [1.82, 2.24) is 5.16 Å². The van der Waals surface area contributed by atoms with Crippen molar-refractivity contribution in [2.24, 2.45) is 0 Å². The lowest BCUT2D eigenvalue weighted by molar-refractivity contribution is 0.355. The van der Waals surface area contributed by atoms with Gasteiger partial charge in [-0.3, -0.25) is 0 Å². The maximum absolute atomic E-state index is 5.51. The predicted octanol–water partition coefficient (Wildman–Crippen LogP) is 2.62. The van der Waals surface area contributed by atoms with E-state index >= 15 is 0 Å². The van der Waals surface area contributed by atoms with Gasteiger partial charge in [0.1, 0.15) is 11.4 Å². The fourth-order valence-corrected chi connectivity index (χ4v) is 2.45. The van der Waals surface area contributed by atoms with Crippen LogP contribution in [0.1, 0.15) is 5.56 Å². The summed E-state index contributed by atoms with van der Waals surface area (Å²) in [6, 6.07) is 5.73. The predicted molar refractivity (Wildman–Crippen MR) is 63.3 cm³/mol. The minimum Gasteiger partial charge on any atom is -0.492 e. The number of aromatic nitrogens is 1. The summed E-state index contributed by atoms with van der Waals surface area (Å²) in [5.41, 5.74) is 8.41. The van der Waals surface area contributed by atoms with E-state index in [2.05, 4.69) is 27.2 Å². The molecule has 0 fully saturated rings. The van der Waals surface area contributed by atoms with E-state index in [0.717, 1.165) is 34.5 Å². The van der Waals surface area contributed by atoms with Crippen LogP contribution < -0.4 is 10.5 Å². The van der Waals surface area contributed by atoms with Crippen molar-refractivity contribution in [2.45, 2.75) is 6.42 Å². The molecule has 0 aliphatic carbocycles. The van der Waals surface area contributed by atoms with E-state index in [0.29, 0.717) is 5.88 Å². The molecule has 3 rings (SSSR count). The van der Waals surface area contributed by atoms with Crippen LogP contribution in [0.5, 0.6) is 5.75 Å². The summed E-state index contributed by atoms with van der Waals surface area (Å²) in [6.07, 6.45) is 0.926. The number of fused-ring (bicyclic) bond motifs is 1. The molecule has 0 spiro atoms. The fourth-order valence-electron chi connectivity index (χ4n) is 1.83. The maximum atomic E-state index is 5.51. The number of hydrogen-bond acceptors (Lipinski definition) is 4. The van der Waals surface area contributed by atoms with Gasteiger partial charge in [-0.05, 0) is 33.6 Å². The number of halogens is 1.